The second-order valence-corrected chi connectivity index (χ2v) is 7.82. The Labute approximate surface area is 135 Å². The van der Waals surface area contributed by atoms with Gasteiger partial charge in [0.25, 0.3) is 0 Å². The Hall–Kier alpha value is -1.10. The van der Waals surface area contributed by atoms with Crippen LogP contribution in [0.2, 0.25) is 0 Å². The molecule has 0 saturated carbocycles. The van der Waals surface area contributed by atoms with Crippen molar-refractivity contribution in [3.05, 3.63) is 29.8 Å². The molecular weight excluding hydrogens is 278 g/mol. The van der Waals surface area contributed by atoms with Crippen molar-refractivity contribution in [2.75, 3.05) is 47.5 Å². The Kier molecular flexibility index (Phi) is 6.85. The topological polar surface area (TPSA) is 38.7 Å². The standard InChI is InChI=1S/C18H32NO3/c1-18(2,3)15-7-9-17(10-8-15)22-12-11-21-14-16(20)13-19(4,5)6/h7-10,16,20H,11-14H2,1-6H3/q+1/t16-/m1/s1. The van der Waals surface area contributed by atoms with Crippen molar-refractivity contribution in [2.24, 2.45) is 0 Å². The summed E-state index contributed by atoms with van der Waals surface area (Å²) >= 11 is 0. The van der Waals surface area contributed by atoms with Gasteiger partial charge >= 0.3 is 0 Å². The van der Waals surface area contributed by atoms with Crippen LogP contribution in [0.4, 0.5) is 0 Å². The van der Waals surface area contributed by atoms with Crippen LogP contribution in [-0.2, 0) is 10.2 Å². The first-order chi connectivity index (χ1) is 10.1. The van der Waals surface area contributed by atoms with E-state index in [0.29, 0.717) is 26.4 Å². The molecule has 1 aromatic rings. The van der Waals surface area contributed by atoms with E-state index in [1.54, 1.807) is 0 Å². The molecule has 0 radical (unpaired) electrons. The van der Waals surface area contributed by atoms with Gasteiger partial charge in [0.05, 0.1) is 34.4 Å². The highest BCUT2D eigenvalue weighted by atomic mass is 16.5. The summed E-state index contributed by atoms with van der Waals surface area (Å²) in [7, 11) is 6.15. The first kappa shape index (κ1) is 18.9. The first-order valence-corrected chi connectivity index (χ1v) is 7.87. The molecule has 0 spiro atoms. The number of hydrogen-bond donors (Lipinski definition) is 1. The van der Waals surface area contributed by atoms with E-state index in [9.17, 15) is 5.11 Å². The number of rotatable bonds is 8. The van der Waals surface area contributed by atoms with E-state index in [-0.39, 0.29) is 5.41 Å². The second kappa shape index (κ2) is 7.95. The van der Waals surface area contributed by atoms with Gasteiger partial charge in [-0.2, -0.15) is 0 Å². The zero-order valence-electron chi connectivity index (χ0n) is 14.9. The Morgan fingerprint density at radius 1 is 1.05 bits per heavy atom. The number of hydrogen-bond acceptors (Lipinski definition) is 3. The Bertz CT molecular complexity index is 429. The van der Waals surface area contributed by atoms with Crippen molar-refractivity contribution in [3.8, 4) is 5.75 Å². The summed E-state index contributed by atoms with van der Waals surface area (Å²) in [5.74, 6) is 0.850. The van der Waals surface area contributed by atoms with Crippen LogP contribution in [0.5, 0.6) is 5.75 Å². The van der Waals surface area contributed by atoms with Crippen molar-refractivity contribution in [3.63, 3.8) is 0 Å². The molecule has 0 saturated heterocycles. The molecule has 1 N–H and O–H groups in total. The lowest BCUT2D eigenvalue weighted by molar-refractivity contribution is -0.873. The third kappa shape index (κ3) is 7.78. The molecule has 1 atom stereocenters. The van der Waals surface area contributed by atoms with Gasteiger partial charge < -0.3 is 19.1 Å². The lowest BCUT2D eigenvalue weighted by Crippen LogP contribution is -2.43. The van der Waals surface area contributed by atoms with Crippen LogP contribution in [0.3, 0.4) is 0 Å². The van der Waals surface area contributed by atoms with Gasteiger partial charge in [-0.1, -0.05) is 32.9 Å². The number of benzene rings is 1. The minimum absolute atomic E-state index is 0.156. The number of ether oxygens (including phenoxy) is 2. The maximum Gasteiger partial charge on any atom is 0.126 e. The highest BCUT2D eigenvalue weighted by Crippen LogP contribution is 2.24. The summed E-state index contributed by atoms with van der Waals surface area (Å²) < 4.78 is 11.8. The van der Waals surface area contributed by atoms with Crippen molar-refractivity contribution in [1.29, 1.82) is 0 Å². The van der Waals surface area contributed by atoms with E-state index >= 15 is 0 Å². The average Bonchev–Trinajstić information content (AvgIpc) is 2.35. The molecule has 0 unspecified atom stereocenters. The number of aliphatic hydroxyl groups excluding tert-OH is 1. The van der Waals surface area contributed by atoms with Crippen molar-refractivity contribution < 1.29 is 19.1 Å². The average molecular weight is 310 g/mol. The van der Waals surface area contributed by atoms with E-state index in [0.717, 1.165) is 10.2 Å². The Morgan fingerprint density at radius 2 is 1.64 bits per heavy atom. The van der Waals surface area contributed by atoms with Crippen LogP contribution in [0.15, 0.2) is 24.3 Å². The summed E-state index contributed by atoms with van der Waals surface area (Å²) in [6.07, 6.45) is -0.439. The summed E-state index contributed by atoms with van der Waals surface area (Å²) in [4.78, 5) is 0. The normalized spacial score (nSPS) is 14.0. The fourth-order valence-electron chi connectivity index (χ4n) is 2.17. The van der Waals surface area contributed by atoms with Crippen molar-refractivity contribution in [2.45, 2.75) is 32.3 Å². The molecule has 0 aromatic heterocycles. The third-order valence-electron chi connectivity index (χ3n) is 3.29. The third-order valence-corrected chi connectivity index (χ3v) is 3.29. The fraction of sp³-hybridized carbons (Fsp3) is 0.667. The highest BCUT2D eigenvalue weighted by molar-refractivity contribution is 5.31. The lowest BCUT2D eigenvalue weighted by Gasteiger charge is -2.26. The van der Waals surface area contributed by atoms with Crippen LogP contribution >= 0.6 is 0 Å². The molecule has 0 amide bonds. The Balaban J connectivity index is 2.22. The molecule has 126 valence electrons. The molecule has 0 aliphatic carbocycles. The van der Waals surface area contributed by atoms with Gasteiger partial charge in [-0.15, -0.1) is 0 Å². The summed E-state index contributed by atoms with van der Waals surface area (Å²) in [5.41, 5.74) is 1.45. The molecule has 0 bridgehead atoms. The number of aliphatic hydroxyl groups is 1. The zero-order chi connectivity index (χ0) is 16.8. The van der Waals surface area contributed by atoms with Crippen molar-refractivity contribution >= 4 is 0 Å². The Morgan fingerprint density at radius 3 is 2.14 bits per heavy atom. The van der Waals surface area contributed by atoms with E-state index in [1.165, 1.54) is 5.56 Å². The lowest BCUT2D eigenvalue weighted by atomic mass is 9.87. The zero-order valence-corrected chi connectivity index (χ0v) is 14.9. The van der Waals surface area contributed by atoms with Crippen LogP contribution in [0, 0.1) is 0 Å². The van der Waals surface area contributed by atoms with Gasteiger partial charge in [0.15, 0.2) is 0 Å². The number of likely N-dealkylation sites (N-methyl/N-ethyl adjacent to an activating group) is 1. The van der Waals surface area contributed by atoms with E-state index in [4.69, 9.17) is 9.47 Å². The van der Waals surface area contributed by atoms with Gasteiger partial charge in [-0.25, -0.2) is 0 Å². The van der Waals surface area contributed by atoms with E-state index < -0.39 is 6.10 Å². The molecule has 1 rings (SSSR count). The maximum atomic E-state index is 9.83. The fourth-order valence-corrected chi connectivity index (χ4v) is 2.17. The van der Waals surface area contributed by atoms with Gasteiger partial charge in [0.2, 0.25) is 0 Å². The largest absolute Gasteiger partial charge is 0.491 e. The summed E-state index contributed by atoms with van der Waals surface area (Å²) in [6.45, 7) is 8.58. The molecule has 0 aliphatic heterocycles. The molecule has 0 heterocycles. The molecule has 4 nitrogen and oxygen atoms in total. The molecule has 22 heavy (non-hydrogen) atoms. The SMILES string of the molecule is CC(C)(C)c1ccc(OCCOC[C@H](O)C[N+](C)(C)C)cc1. The molecule has 4 heteroatoms. The number of quaternary nitrogens is 1. The highest BCUT2D eigenvalue weighted by Gasteiger charge is 2.15. The van der Waals surface area contributed by atoms with E-state index in [2.05, 4.69) is 32.9 Å². The molecule has 0 aliphatic rings. The van der Waals surface area contributed by atoms with Crippen LogP contribution in [-0.4, -0.2) is 63.2 Å². The second-order valence-electron chi connectivity index (χ2n) is 7.82. The van der Waals surface area contributed by atoms with Crippen LogP contribution < -0.4 is 4.74 Å². The van der Waals surface area contributed by atoms with Crippen LogP contribution in [0.25, 0.3) is 0 Å². The molecular formula is C18H32NO3+. The first-order valence-electron chi connectivity index (χ1n) is 7.87. The smallest absolute Gasteiger partial charge is 0.126 e. The van der Waals surface area contributed by atoms with Gasteiger partial charge in [-0.3, -0.25) is 0 Å². The van der Waals surface area contributed by atoms with Gasteiger partial charge in [0, 0.05) is 0 Å². The van der Waals surface area contributed by atoms with Gasteiger partial charge in [-0.05, 0) is 23.1 Å². The van der Waals surface area contributed by atoms with Crippen LogP contribution in [0.1, 0.15) is 26.3 Å². The molecule has 0 fully saturated rings. The minimum atomic E-state index is -0.439. The molecule has 1 aromatic carbocycles. The van der Waals surface area contributed by atoms with Crippen molar-refractivity contribution in [1.82, 2.24) is 0 Å². The monoisotopic (exact) mass is 310 g/mol. The van der Waals surface area contributed by atoms with E-state index in [1.807, 2.05) is 33.3 Å². The number of nitrogens with zero attached hydrogens (tertiary/aromatic N) is 1. The summed E-state index contributed by atoms with van der Waals surface area (Å²) in [5, 5.41) is 9.83. The maximum absolute atomic E-state index is 9.83. The summed E-state index contributed by atoms with van der Waals surface area (Å²) in [6, 6.07) is 8.18. The predicted octanol–water partition coefficient (Wildman–Crippen LogP) is 2.45. The quantitative estimate of drug-likeness (QED) is 0.592. The minimum Gasteiger partial charge on any atom is -0.491 e. The van der Waals surface area contributed by atoms with Gasteiger partial charge in [0.1, 0.15) is 25.0 Å². The predicted molar refractivity (Wildman–Crippen MR) is 90.4 cm³/mol.